The van der Waals surface area contributed by atoms with E-state index >= 15 is 0 Å². The summed E-state index contributed by atoms with van der Waals surface area (Å²) in [6, 6.07) is 17.8. The third kappa shape index (κ3) is 5.53. The highest BCUT2D eigenvalue weighted by atomic mass is 32.2. The summed E-state index contributed by atoms with van der Waals surface area (Å²) in [5.74, 6) is -0.163. The van der Waals surface area contributed by atoms with Gasteiger partial charge in [0, 0.05) is 38.4 Å². The van der Waals surface area contributed by atoms with E-state index in [1.54, 1.807) is 23.1 Å². The first kappa shape index (κ1) is 23.7. The summed E-state index contributed by atoms with van der Waals surface area (Å²) >= 11 is 0. The molecule has 4 unspecified atom stereocenters. The number of carbonyl (C=O) groups is 1. The van der Waals surface area contributed by atoms with Crippen molar-refractivity contribution in [1.29, 1.82) is 0 Å². The Bertz CT molecular complexity index is 1030. The minimum atomic E-state index is -3.78. The second-order valence-corrected chi connectivity index (χ2v) is 10.0. The minimum absolute atomic E-state index is 0.0779. The predicted octanol–water partition coefficient (Wildman–Crippen LogP) is 0.193. The van der Waals surface area contributed by atoms with Crippen LogP contribution < -0.4 is 9.62 Å². The Labute approximate surface area is 193 Å². The number of nitrogens with zero attached hydrogens (tertiary/aromatic N) is 2. The molecular weight excluding hydrogens is 446 g/mol. The highest BCUT2D eigenvalue weighted by Crippen LogP contribution is 2.25. The molecule has 33 heavy (non-hydrogen) atoms. The summed E-state index contributed by atoms with van der Waals surface area (Å²) in [6.45, 7) is 2.31. The lowest BCUT2D eigenvalue weighted by Crippen LogP contribution is -2.49. The lowest BCUT2D eigenvalue weighted by molar-refractivity contribution is -0.135. The Morgan fingerprint density at radius 3 is 2.12 bits per heavy atom. The van der Waals surface area contributed by atoms with Crippen molar-refractivity contribution in [1.82, 2.24) is 9.62 Å². The molecule has 0 saturated carbocycles. The summed E-state index contributed by atoms with van der Waals surface area (Å²) < 4.78 is 32.9. The number of rotatable bonds is 7. The van der Waals surface area contributed by atoms with Gasteiger partial charge in [0.25, 0.3) is 0 Å². The van der Waals surface area contributed by atoms with Crippen molar-refractivity contribution < 1.29 is 28.2 Å². The molecule has 0 aromatic heterocycles. The van der Waals surface area contributed by atoms with Crippen LogP contribution in [0.25, 0.3) is 0 Å². The highest BCUT2D eigenvalue weighted by Gasteiger charge is 2.44. The van der Waals surface area contributed by atoms with E-state index < -0.39 is 34.4 Å². The number of hydrogen-bond acceptors (Lipinski definition) is 7. The Kier molecular flexibility index (Phi) is 7.30. The largest absolute Gasteiger partial charge is 0.388 e. The number of anilines is 1. The van der Waals surface area contributed by atoms with Crippen LogP contribution in [0.15, 0.2) is 65.6 Å². The fourth-order valence-electron chi connectivity index (χ4n) is 4.19. The molecule has 1 amide bonds. The molecule has 2 aliphatic heterocycles. The third-order valence-corrected chi connectivity index (χ3v) is 7.56. The van der Waals surface area contributed by atoms with Gasteiger partial charge in [0.05, 0.1) is 17.4 Å². The van der Waals surface area contributed by atoms with E-state index in [2.05, 4.69) is 9.62 Å². The third-order valence-electron chi connectivity index (χ3n) is 6.12. The maximum Gasteiger partial charge on any atom is 0.240 e. The van der Waals surface area contributed by atoms with Crippen LogP contribution in [0.2, 0.25) is 0 Å². The zero-order valence-corrected chi connectivity index (χ0v) is 19.0. The van der Waals surface area contributed by atoms with E-state index in [-0.39, 0.29) is 23.8 Å². The Morgan fingerprint density at radius 1 is 0.909 bits per heavy atom. The molecule has 2 fully saturated rings. The molecule has 4 rings (SSSR count). The molecule has 9 nitrogen and oxygen atoms in total. The van der Waals surface area contributed by atoms with Gasteiger partial charge in [0.1, 0.15) is 18.3 Å². The maximum absolute atomic E-state index is 12.8. The average Bonchev–Trinajstić information content (AvgIpc) is 3.12. The summed E-state index contributed by atoms with van der Waals surface area (Å²) in [5.41, 5.74) is 1.11. The van der Waals surface area contributed by atoms with Crippen LogP contribution in [-0.2, 0) is 19.6 Å². The van der Waals surface area contributed by atoms with E-state index in [0.717, 1.165) is 5.69 Å². The molecule has 0 bridgehead atoms. The maximum atomic E-state index is 12.8. The van der Waals surface area contributed by atoms with Gasteiger partial charge in [-0.1, -0.05) is 36.4 Å². The first-order valence-electron chi connectivity index (χ1n) is 11.0. The quantitative estimate of drug-likeness (QED) is 0.523. The lowest BCUT2D eigenvalue weighted by Gasteiger charge is -2.36. The van der Waals surface area contributed by atoms with Crippen LogP contribution in [0.4, 0.5) is 5.69 Å². The standard InChI is InChI=1S/C23H29N3O6S/c27-21(26-13-11-25(12-14-26)17-7-3-1-4-8-17)15-19-22(28)23(29)20(32-19)16-24-33(30,31)18-9-5-2-6-10-18/h1-10,19-20,22-24,28-29H,11-16H2. The molecule has 2 aromatic rings. The second-order valence-electron chi connectivity index (χ2n) is 8.27. The van der Waals surface area contributed by atoms with E-state index in [0.29, 0.717) is 26.2 Å². The number of aliphatic hydroxyl groups excluding tert-OH is 2. The number of piperazine rings is 1. The number of sulfonamides is 1. The van der Waals surface area contributed by atoms with E-state index in [1.807, 2.05) is 30.3 Å². The Morgan fingerprint density at radius 2 is 1.48 bits per heavy atom. The molecule has 2 heterocycles. The number of ether oxygens (including phenoxy) is 1. The number of aliphatic hydroxyl groups is 2. The summed E-state index contributed by atoms with van der Waals surface area (Å²) in [4.78, 5) is 16.8. The van der Waals surface area contributed by atoms with Gasteiger partial charge in [0.15, 0.2) is 0 Å². The molecule has 178 valence electrons. The average molecular weight is 476 g/mol. The number of hydrogen-bond donors (Lipinski definition) is 3. The first-order valence-corrected chi connectivity index (χ1v) is 12.5. The molecule has 0 radical (unpaired) electrons. The van der Waals surface area contributed by atoms with Gasteiger partial charge < -0.3 is 24.7 Å². The van der Waals surface area contributed by atoms with Gasteiger partial charge in [0.2, 0.25) is 15.9 Å². The number of amides is 1. The number of nitrogens with one attached hydrogen (secondary N) is 1. The molecule has 2 aliphatic rings. The first-order chi connectivity index (χ1) is 15.8. The number of benzene rings is 2. The van der Waals surface area contributed by atoms with Gasteiger partial charge in [-0.25, -0.2) is 13.1 Å². The van der Waals surface area contributed by atoms with Crippen LogP contribution in [0.5, 0.6) is 0 Å². The summed E-state index contributed by atoms with van der Waals surface area (Å²) in [7, 11) is -3.78. The second kappa shape index (κ2) is 10.2. The van der Waals surface area contributed by atoms with Crippen molar-refractivity contribution in [3.05, 3.63) is 60.7 Å². The van der Waals surface area contributed by atoms with Crippen molar-refractivity contribution in [3.8, 4) is 0 Å². The normalized spacial score (nSPS) is 25.9. The van der Waals surface area contributed by atoms with Crippen LogP contribution in [-0.4, -0.2) is 86.6 Å². The van der Waals surface area contributed by atoms with Crippen molar-refractivity contribution >= 4 is 21.6 Å². The zero-order valence-electron chi connectivity index (χ0n) is 18.2. The predicted molar refractivity (Wildman–Crippen MR) is 122 cm³/mol. The highest BCUT2D eigenvalue weighted by molar-refractivity contribution is 7.89. The molecule has 2 saturated heterocycles. The van der Waals surface area contributed by atoms with Crippen LogP contribution in [0.3, 0.4) is 0 Å². The van der Waals surface area contributed by atoms with Crippen molar-refractivity contribution in [2.45, 2.75) is 35.7 Å². The van der Waals surface area contributed by atoms with Crippen molar-refractivity contribution in [2.24, 2.45) is 0 Å². The minimum Gasteiger partial charge on any atom is -0.388 e. The van der Waals surface area contributed by atoms with Gasteiger partial charge >= 0.3 is 0 Å². The topological polar surface area (TPSA) is 119 Å². The van der Waals surface area contributed by atoms with Crippen molar-refractivity contribution in [2.75, 3.05) is 37.6 Å². The van der Waals surface area contributed by atoms with E-state index in [9.17, 15) is 23.4 Å². The van der Waals surface area contributed by atoms with Crippen LogP contribution in [0, 0.1) is 0 Å². The summed E-state index contributed by atoms with van der Waals surface area (Å²) in [6.07, 6.45) is -4.50. The van der Waals surface area contributed by atoms with E-state index in [4.69, 9.17) is 4.74 Å². The SMILES string of the molecule is O=C(CC1OC(CNS(=O)(=O)c2ccccc2)C(O)C1O)N1CCN(c2ccccc2)CC1. The van der Waals surface area contributed by atoms with Crippen molar-refractivity contribution in [3.63, 3.8) is 0 Å². The molecule has 10 heteroatoms. The number of carbonyl (C=O) groups excluding carboxylic acids is 1. The monoisotopic (exact) mass is 475 g/mol. The Hall–Kier alpha value is -2.50. The summed E-state index contributed by atoms with van der Waals surface area (Å²) in [5, 5.41) is 20.7. The zero-order chi connectivity index (χ0) is 23.4. The smallest absolute Gasteiger partial charge is 0.240 e. The molecule has 3 N–H and O–H groups in total. The molecular formula is C23H29N3O6S. The molecule has 0 aliphatic carbocycles. The lowest BCUT2D eigenvalue weighted by atomic mass is 10.0. The number of para-hydroxylation sites is 1. The molecule has 2 aromatic carbocycles. The van der Waals surface area contributed by atoms with Gasteiger partial charge in [-0.05, 0) is 24.3 Å². The van der Waals surface area contributed by atoms with Gasteiger partial charge in [-0.3, -0.25) is 4.79 Å². The molecule has 4 atom stereocenters. The van der Waals surface area contributed by atoms with Crippen LogP contribution >= 0.6 is 0 Å². The van der Waals surface area contributed by atoms with Gasteiger partial charge in [-0.2, -0.15) is 0 Å². The van der Waals surface area contributed by atoms with Crippen LogP contribution in [0.1, 0.15) is 6.42 Å². The van der Waals surface area contributed by atoms with Gasteiger partial charge in [-0.15, -0.1) is 0 Å². The Balaban J connectivity index is 1.28. The fourth-order valence-corrected chi connectivity index (χ4v) is 5.26. The molecule has 0 spiro atoms. The fraction of sp³-hybridized carbons (Fsp3) is 0.435. The van der Waals surface area contributed by atoms with E-state index in [1.165, 1.54) is 12.1 Å².